The summed E-state index contributed by atoms with van der Waals surface area (Å²) in [6.07, 6.45) is 21.6. The van der Waals surface area contributed by atoms with Crippen LogP contribution in [-0.4, -0.2) is 91.2 Å². The van der Waals surface area contributed by atoms with Gasteiger partial charge in [0, 0.05) is 49.6 Å². The van der Waals surface area contributed by atoms with Crippen LogP contribution in [0.15, 0.2) is 47.5 Å². The maximum absolute atomic E-state index is 15.3. The molecule has 0 aromatic heterocycles. The van der Waals surface area contributed by atoms with E-state index in [9.17, 15) is 20.1 Å². The van der Waals surface area contributed by atoms with Crippen molar-refractivity contribution in [2.24, 2.45) is 34.1 Å². The number of rotatable bonds is 21. The first-order valence-electron chi connectivity index (χ1n) is 25.7. The summed E-state index contributed by atoms with van der Waals surface area (Å²) in [7, 11) is 8.66. The number of hydrogen-bond donors (Lipinski definition) is 6. The Hall–Kier alpha value is -3.43. The summed E-state index contributed by atoms with van der Waals surface area (Å²) in [6, 6.07) is 9.61. The van der Waals surface area contributed by atoms with Crippen molar-refractivity contribution in [1.29, 1.82) is 0 Å². The molecule has 14 heteroatoms. The standard InChI is InChI=1S/C54H82N4O8S2/c1-6-8-9-12-28-65-49(62)30-40-21-26-52(33-40,36-55-3)66-47-32-43-31-44(50(47)63)58-51(56-4)57-37-68-67-35-42-14-13-25-54(42,34-39-16-19-45(60)46(29-39)64-5)48(61)20-18-41(53(43)23-10-11-24-53)17-15-38(7-2)22-27-59/h16,18-20,27,29,31-32,38,40-42,49,55,60,62-63H,6-15,17,21-26,28,30,33-37H2,1-5H3,(H2,56,57,58). The van der Waals surface area contributed by atoms with Crippen LogP contribution >= 0.6 is 21.6 Å². The lowest BCUT2D eigenvalue weighted by Gasteiger charge is -2.39. The summed E-state index contributed by atoms with van der Waals surface area (Å²) in [6.45, 7) is 5.45. The molecule has 1 heterocycles. The van der Waals surface area contributed by atoms with E-state index in [1.165, 1.54) is 0 Å². The summed E-state index contributed by atoms with van der Waals surface area (Å²) in [5.41, 5.74) is 0.853. The third-order valence-corrected chi connectivity index (χ3v) is 18.1. The van der Waals surface area contributed by atoms with Gasteiger partial charge in [0.05, 0.1) is 18.7 Å². The van der Waals surface area contributed by atoms with E-state index in [-0.39, 0.29) is 41.0 Å². The van der Waals surface area contributed by atoms with Crippen molar-refractivity contribution in [3.63, 3.8) is 0 Å². The molecule has 0 saturated heterocycles. The molecule has 1 aliphatic heterocycles. The maximum atomic E-state index is 15.3. The number of methoxy groups -OCH3 is 1. The molecule has 6 N–H and O–H groups in total. The molecule has 12 nitrogen and oxygen atoms in total. The average molecular weight is 979 g/mol. The van der Waals surface area contributed by atoms with Gasteiger partial charge in [-0.2, -0.15) is 0 Å². The summed E-state index contributed by atoms with van der Waals surface area (Å²) in [5, 5.41) is 44.1. The number of hydrogen-bond acceptors (Lipinski definition) is 12. The molecular weight excluding hydrogens is 897 g/mol. The van der Waals surface area contributed by atoms with Crippen LogP contribution in [0.25, 0.3) is 0 Å². The number of ether oxygens (including phenoxy) is 3. The fourth-order valence-electron chi connectivity index (χ4n) is 12.1. The highest BCUT2D eigenvalue weighted by Gasteiger charge is 2.49. The van der Waals surface area contributed by atoms with Gasteiger partial charge in [0.1, 0.15) is 11.9 Å². The van der Waals surface area contributed by atoms with Crippen molar-refractivity contribution >= 4 is 45.3 Å². The van der Waals surface area contributed by atoms with Gasteiger partial charge in [-0.05, 0) is 143 Å². The minimum atomic E-state index is -0.830. The molecule has 3 saturated carbocycles. The molecule has 7 atom stereocenters. The maximum Gasteiger partial charge on any atom is 0.196 e. The molecule has 4 aliphatic rings. The summed E-state index contributed by atoms with van der Waals surface area (Å²) in [5.74, 6) is 3.42. The van der Waals surface area contributed by atoms with Gasteiger partial charge in [-0.15, -0.1) is 0 Å². The van der Waals surface area contributed by atoms with Crippen molar-refractivity contribution in [3.8, 4) is 23.0 Å². The van der Waals surface area contributed by atoms with Gasteiger partial charge in [-0.1, -0.05) is 92.5 Å². The van der Waals surface area contributed by atoms with Crippen LogP contribution in [0, 0.1) is 29.1 Å². The number of nitrogens with one attached hydrogen (secondary N) is 3. The fraction of sp³-hybridized carbons (Fsp3) is 0.685. The summed E-state index contributed by atoms with van der Waals surface area (Å²) < 4.78 is 18.6. The highest BCUT2D eigenvalue weighted by molar-refractivity contribution is 8.76. The van der Waals surface area contributed by atoms with Gasteiger partial charge in [0.2, 0.25) is 0 Å². The Bertz CT molecular complexity index is 2000. The van der Waals surface area contributed by atoms with Gasteiger partial charge >= 0.3 is 0 Å². The first-order valence-corrected chi connectivity index (χ1v) is 28.2. The molecular formula is C54H82N4O8S2. The quantitative estimate of drug-likeness (QED) is 0.0230. The van der Waals surface area contributed by atoms with E-state index >= 15 is 4.79 Å². The van der Waals surface area contributed by atoms with Crippen molar-refractivity contribution in [2.75, 3.05) is 51.3 Å². The number of phenols is 2. The number of likely N-dealkylation sites (N-methyl/N-ethyl adjacent to an activating group) is 1. The lowest BCUT2D eigenvalue weighted by molar-refractivity contribution is -0.125. The molecule has 2 bridgehead atoms. The number of carbonyl (C=O) groups excluding carboxylic acids is 2. The zero-order valence-electron chi connectivity index (χ0n) is 41.6. The minimum absolute atomic E-state index is 0.0131. The zero-order valence-corrected chi connectivity index (χ0v) is 43.3. The molecule has 68 heavy (non-hydrogen) atoms. The van der Waals surface area contributed by atoms with Crippen molar-refractivity contribution in [1.82, 2.24) is 10.6 Å². The average Bonchev–Trinajstić information content (AvgIpc) is 4.09. The van der Waals surface area contributed by atoms with Gasteiger partial charge in [0.25, 0.3) is 0 Å². The minimum Gasteiger partial charge on any atom is -0.504 e. The van der Waals surface area contributed by atoms with Gasteiger partial charge < -0.3 is 50.3 Å². The predicted octanol–water partition coefficient (Wildman–Crippen LogP) is 10.9. The van der Waals surface area contributed by atoms with Crippen molar-refractivity contribution in [3.05, 3.63) is 53.6 Å². The number of carbonyl (C=O) groups is 2. The van der Waals surface area contributed by atoms with E-state index in [0.717, 1.165) is 126 Å². The SMILES string of the molecule is CCCCCCOC(O)CC1CCC(CNC)(Oc2cc3cc(c2O)NC(=NC)NCSSCC2CCCC2(Cc2ccc(O)c(OC)c2)C(=O)C=CC(CCC(CC)CC=O)C32CCCC2)C1. The van der Waals surface area contributed by atoms with Gasteiger partial charge in [-0.25, -0.2) is 0 Å². The Labute approximate surface area is 414 Å². The Balaban J connectivity index is 1.42. The molecule has 7 unspecified atom stereocenters. The number of guanidine groups is 1. The monoisotopic (exact) mass is 979 g/mol. The second kappa shape index (κ2) is 26.1. The van der Waals surface area contributed by atoms with Crippen LogP contribution in [0.4, 0.5) is 5.69 Å². The summed E-state index contributed by atoms with van der Waals surface area (Å²) in [4.78, 5) is 31.8. The molecule has 2 aromatic rings. The number of fused-ring (bicyclic) bond motifs is 4. The molecule has 1 spiro atoms. The molecule has 6 rings (SSSR count). The van der Waals surface area contributed by atoms with E-state index in [0.29, 0.717) is 67.9 Å². The van der Waals surface area contributed by atoms with Crippen LogP contribution in [0.2, 0.25) is 0 Å². The molecule has 378 valence electrons. The van der Waals surface area contributed by atoms with Crippen molar-refractivity contribution in [2.45, 2.75) is 160 Å². The van der Waals surface area contributed by atoms with Crippen LogP contribution in [0.5, 0.6) is 23.0 Å². The lowest BCUT2D eigenvalue weighted by atomic mass is 9.65. The van der Waals surface area contributed by atoms with Crippen LogP contribution < -0.4 is 25.4 Å². The number of nitrogens with zero attached hydrogens (tertiary/aromatic N) is 1. The van der Waals surface area contributed by atoms with Crippen LogP contribution in [0.1, 0.15) is 147 Å². The molecule has 3 fully saturated rings. The van der Waals surface area contributed by atoms with E-state index in [2.05, 4.69) is 53.0 Å². The number of aliphatic hydroxyl groups excluding tert-OH is 1. The highest BCUT2D eigenvalue weighted by Crippen LogP contribution is 2.55. The lowest BCUT2D eigenvalue weighted by Crippen LogP contribution is -2.43. The molecule has 0 amide bonds. The van der Waals surface area contributed by atoms with E-state index in [1.54, 1.807) is 41.8 Å². The summed E-state index contributed by atoms with van der Waals surface area (Å²) >= 11 is 0. The zero-order chi connectivity index (χ0) is 48.6. The number of benzene rings is 2. The number of unbranched alkanes of at least 4 members (excludes halogenated alkanes) is 3. The Morgan fingerprint density at radius 3 is 2.57 bits per heavy atom. The van der Waals surface area contributed by atoms with Crippen molar-refractivity contribution < 1.29 is 39.1 Å². The van der Waals surface area contributed by atoms with Crippen LogP contribution in [0.3, 0.4) is 0 Å². The number of ketones is 1. The van der Waals surface area contributed by atoms with E-state index < -0.39 is 22.7 Å². The molecule has 2 aromatic carbocycles. The number of aromatic hydroxyl groups is 2. The first kappa shape index (κ1) is 53.9. The molecule has 0 radical (unpaired) electrons. The fourth-order valence-corrected chi connectivity index (χ4v) is 14.3. The van der Waals surface area contributed by atoms with Gasteiger partial charge in [0.15, 0.2) is 41.0 Å². The molecule has 3 aliphatic carbocycles. The largest absolute Gasteiger partial charge is 0.504 e. The van der Waals surface area contributed by atoms with E-state index in [1.807, 2.05) is 25.3 Å². The second-order valence-electron chi connectivity index (χ2n) is 20.2. The second-order valence-corrected chi connectivity index (χ2v) is 22.7. The number of phenolic OH excluding ortho intramolecular Hbond substituents is 2. The Kier molecular flexibility index (Phi) is 20.7. The third kappa shape index (κ3) is 13.5. The number of aldehydes is 1. The first-order chi connectivity index (χ1) is 33.0. The number of aliphatic hydroxyl groups is 1. The smallest absolute Gasteiger partial charge is 0.196 e. The third-order valence-electron chi connectivity index (χ3n) is 15.9. The number of allylic oxidation sites excluding steroid dienone is 2. The number of anilines is 1. The van der Waals surface area contributed by atoms with Gasteiger partial charge in [-0.3, -0.25) is 9.79 Å². The number of aliphatic imine (C=N–C) groups is 1. The highest BCUT2D eigenvalue weighted by atomic mass is 33.1. The van der Waals surface area contributed by atoms with Crippen LogP contribution in [-0.2, 0) is 26.2 Å². The Morgan fingerprint density at radius 2 is 1.84 bits per heavy atom. The normalized spacial score (nSPS) is 26.8. The topological polar surface area (TPSA) is 171 Å². The van der Waals surface area contributed by atoms with E-state index in [4.69, 9.17) is 14.2 Å². The predicted molar refractivity (Wildman–Crippen MR) is 278 cm³/mol. The Morgan fingerprint density at radius 1 is 1.01 bits per heavy atom.